The highest BCUT2D eigenvalue weighted by Crippen LogP contribution is 2.29. The van der Waals surface area contributed by atoms with Gasteiger partial charge in [-0.15, -0.1) is 0 Å². The molecule has 0 saturated carbocycles. The molecule has 0 radical (unpaired) electrons. The van der Waals surface area contributed by atoms with Gasteiger partial charge in [0.15, 0.2) is 0 Å². The number of anilines is 1. The molecule has 3 rings (SSSR count). The predicted molar refractivity (Wildman–Crippen MR) is 77.8 cm³/mol. The molecule has 0 spiro atoms. The molecule has 2 fully saturated rings. The number of hydrogen-bond donors (Lipinski definition) is 0. The Morgan fingerprint density at radius 3 is 2.79 bits per heavy atom. The first kappa shape index (κ1) is 13.1. The van der Waals surface area contributed by atoms with Crippen LogP contribution in [0.4, 0.5) is 5.82 Å². The summed E-state index contributed by atoms with van der Waals surface area (Å²) in [4.78, 5) is 13.6. The Labute approximate surface area is 119 Å². The van der Waals surface area contributed by atoms with Crippen molar-refractivity contribution < 1.29 is 0 Å². The smallest absolute Gasteiger partial charge is 0.137 e. The zero-order valence-electron chi connectivity index (χ0n) is 11.5. The molecule has 19 heavy (non-hydrogen) atoms. The maximum absolute atomic E-state index is 6.18. The molecule has 5 heteroatoms. The largest absolute Gasteiger partial charge is 0.355 e. The van der Waals surface area contributed by atoms with Crippen LogP contribution in [0.15, 0.2) is 6.33 Å². The van der Waals surface area contributed by atoms with E-state index in [2.05, 4.69) is 26.7 Å². The molecular formula is C14H21ClN4. The molecule has 1 unspecified atom stereocenters. The van der Waals surface area contributed by atoms with E-state index in [0.29, 0.717) is 11.2 Å². The monoisotopic (exact) mass is 280 g/mol. The molecule has 1 atom stereocenters. The van der Waals surface area contributed by atoms with Crippen molar-refractivity contribution in [2.45, 2.75) is 38.6 Å². The number of hydrogen-bond acceptors (Lipinski definition) is 4. The average Bonchev–Trinajstić information content (AvgIpc) is 3.09. The second-order valence-electron chi connectivity index (χ2n) is 5.45. The number of nitrogens with zero attached hydrogens (tertiary/aromatic N) is 4. The zero-order valence-corrected chi connectivity index (χ0v) is 12.2. The lowest BCUT2D eigenvalue weighted by molar-refractivity contribution is 0.260. The van der Waals surface area contributed by atoms with Crippen molar-refractivity contribution in [2.75, 3.05) is 31.1 Å². The van der Waals surface area contributed by atoms with Crippen LogP contribution < -0.4 is 4.90 Å². The van der Waals surface area contributed by atoms with Crippen molar-refractivity contribution >= 4 is 17.4 Å². The fraction of sp³-hybridized carbons (Fsp3) is 0.714. The number of halogens is 1. The highest BCUT2D eigenvalue weighted by Gasteiger charge is 2.30. The first-order valence-corrected chi connectivity index (χ1v) is 7.65. The van der Waals surface area contributed by atoms with Crippen LogP contribution in [0.3, 0.4) is 0 Å². The van der Waals surface area contributed by atoms with Gasteiger partial charge in [0.2, 0.25) is 0 Å². The van der Waals surface area contributed by atoms with Gasteiger partial charge in [0.1, 0.15) is 17.3 Å². The van der Waals surface area contributed by atoms with E-state index in [1.165, 1.54) is 32.4 Å². The van der Waals surface area contributed by atoms with Crippen molar-refractivity contribution in [1.29, 1.82) is 0 Å². The van der Waals surface area contributed by atoms with Gasteiger partial charge < -0.3 is 4.90 Å². The Bertz CT molecular complexity index is 445. The van der Waals surface area contributed by atoms with E-state index in [1.54, 1.807) is 6.33 Å². The molecule has 1 aromatic heterocycles. The highest BCUT2D eigenvalue weighted by molar-refractivity contribution is 6.30. The second-order valence-corrected chi connectivity index (χ2v) is 5.81. The third-order valence-corrected chi connectivity index (χ3v) is 4.67. The van der Waals surface area contributed by atoms with Crippen molar-refractivity contribution in [2.24, 2.45) is 0 Å². The van der Waals surface area contributed by atoms with Gasteiger partial charge in [-0.25, -0.2) is 9.97 Å². The summed E-state index contributed by atoms with van der Waals surface area (Å²) in [6.07, 6.45) is 6.43. The molecule has 2 aliphatic rings. The summed E-state index contributed by atoms with van der Waals surface area (Å²) in [5.74, 6) is 1.05. The van der Waals surface area contributed by atoms with Gasteiger partial charge in [0, 0.05) is 24.7 Å². The Morgan fingerprint density at radius 2 is 2.05 bits per heavy atom. The lowest BCUT2D eigenvalue weighted by Gasteiger charge is -2.25. The van der Waals surface area contributed by atoms with Crippen LogP contribution in [0.1, 0.15) is 31.7 Å². The van der Waals surface area contributed by atoms with Crippen LogP contribution in [0.2, 0.25) is 5.15 Å². The van der Waals surface area contributed by atoms with Crippen LogP contribution in [0.5, 0.6) is 0 Å². The average molecular weight is 281 g/mol. The number of likely N-dealkylation sites (tertiary alicyclic amines) is 1. The summed E-state index contributed by atoms with van der Waals surface area (Å²) in [6, 6.07) is 0.695. The Balaban J connectivity index is 1.75. The third-order valence-electron chi connectivity index (χ3n) is 4.34. The molecular weight excluding hydrogens is 260 g/mol. The molecule has 0 N–H and O–H groups in total. The van der Waals surface area contributed by atoms with Crippen LogP contribution >= 0.6 is 11.6 Å². The van der Waals surface area contributed by atoms with Crippen molar-refractivity contribution in [1.82, 2.24) is 14.9 Å². The molecule has 0 aromatic carbocycles. The quantitative estimate of drug-likeness (QED) is 0.796. The molecule has 0 aliphatic carbocycles. The van der Waals surface area contributed by atoms with Crippen LogP contribution in [-0.2, 0) is 6.42 Å². The summed E-state index contributed by atoms with van der Waals surface area (Å²) in [6.45, 7) is 6.82. The molecule has 4 nitrogen and oxygen atoms in total. The van der Waals surface area contributed by atoms with E-state index in [9.17, 15) is 0 Å². The SMILES string of the molecule is CCc1c(Cl)ncnc1N1CCC(N2CCCC2)C1. The lowest BCUT2D eigenvalue weighted by Crippen LogP contribution is -2.35. The fourth-order valence-corrected chi connectivity index (χ4v) is 3.56. The molecule has 0 bridgehead atoms. The van der Waals surface area contributed by atoms with E-state index in [0.717, 1.165) is 30.9 Å². The molecule has 3 heterocycles. The summed E-state index contributed by atoms with van der Waals surface area (Å²) in [5, 5.41) is 0.608. The molecule has 2 aliphatic heterocycles. The highest BCUT2D eigenvalue weighted by atomic mass is 35.5. The lowest BCUT2D eigenvalue weighted by atomic mass is 10.2. The predicted octanol–water partition coefficient (Wildman–Crippen LogP) is 2.37. The third kappa shape index (κ3) is 2.56. The van der Waals surface area contributed by atoms with Gasteiger partial charge in [-0.05, 0) is 38.8 Å². The first-order valence-electron chi connectivity index (χ1n) is 7.28. The Hall–Kier alpha value is -0.870. The van der Waals surface area contributed by atoms with Crippen LogP contribution in [0.25, 0.3) is 0 Å². The first-order chi connectivity index (χ1) is 9.29. The van der Waals surface area contributed by atoms with Crippen LogP contribution in [0, 0.1) is 0 Å². The van der Waals surface area contributed by atoms with Gasteiger partial charge in [0.25, 0.3) is 0 Å². The second kappa shape index (κ2) is 5.63. The Morgan fingerprint density at radius 1 is 1.26 bits per heavy atom. The minimum Gasteiger partial charge on any atom is -0.355 e. The summed E-state index contributed by atoms with van der Waals surface area (Å²) in [5.41, 5.74) is 1.09. The minimum atomic E-state index is 0.608. The van der Waals surface area contributed by atoms with E-state index in [-0.39, 0.29) is 0 Å². The minimum absolute atomic E-state index is 0.608. The van der Waals surface area contributed by atoms with Crippen molar-refractivity contribution in [3.05, 3.63) is 17.0 Å². The Kier molecular flexibility index (Phi) is 3.89. The van der Waals surface area contributed by atoms with Crippen LogP contribution in [-0.4, -0.2) is 47.1 Å². The summed E-state index contributed by atoms with van der Waals surface area (Å²) in [7, 11) is 0. The van der Waals surface area contributed by atoms with Gasteiger partial charge >= 0.3 is 0 Å². The van der Waals surface area contributed by atoms with E-state index < -0.39 is 0 Å². The normalized spacial score (nSPS) is 24.3. The summed E-state index contributed by atoms with van der Waals surface area (Å²) < 4.78 is 0. The van der Waals surface area contributed by atoms with Crippen molar-refractivity contribution in [3.8, 4) is 0 Å². The van der Waals surface area contributed by atoms with E-state index in [1.807, 2.05) is 0 Å². The van der Waals surface area contributed by atoms with Gasteiger partial charge in [-0.2, -0.15) is 0 Å². The van der Waals surface area contributed by atoms with Gasteiger partial charge in [0.05, 0.1) is 0 Å². The number of aromatic nitrogens is 2. The maximum atomic E-state index is 6.18. The number of rotatable bonds is 3. The molecule has 0 amide bonds. The van der Waals surface area contributed by atoms with E-state index in [4.69, 9.17) is 11.6 Å². The van der Waals surface area contributed by atoms with Gasteiger partial charge in [-0.3, -0.25) is 4.90 Å². The van der Waals surface area contributed by atoms with Gasteiger partial charge in [-0.1, -0.05) is 18.5 Å². The molecule has 104 valence electrons. The fourth-order valence-electron chi connectivity index (χ4n) is 3.30. The zero-order chi connectivity index (χ0) is 13.2. The topological polar surface area (TPSA) is 32.3 Å². The maximum Gasteiger partial charge on any atom is 0.137 e. The standard InChI is InChI=1S/C14H21ClN4/c1-2-12-13(15)16-10-17-14(12)19-8-5-11(9-19)18-6-3-4-7-18/h10-11H,2-9H2,1H3. The molecule has 2 saturated heterocycles. The summed E-state index contributed by atoms with van der Waals surface area (Å²) >= 11 is 6.18. The van der Waals surface area contributed by atoms with E-state index >= 15 is 0 Å². The van der Waals surface area contributed by atoms with Crippen molar-refractivity contribution in [3.63, 3.8) is 0 Å². The molecule has 1 aromatic rings.